The van der Waals surface area contributed by atoms with Crippen molar-refractivity contribution in [1.29, 1.82) is 0 Å². The first kappa shape index (κ1) is 11.9. The van der Waals surface area contributed by atoms with Crippen LogP contribution in [0.3, 0.4) is 0 Å². The Kier molecular flexibility index (Phi) is 3.94. The van der Waals surface area contributed by atoms with Crippen LogP contribution in [0, 0.1) is 0 Å². The van der Waals surface area contributed by atoms with Crippen molar-refractivity contribution in [3.05, 3.63) is 41.0 Å². The van der Waals surface area contributed by atoms with Crippen molar-refractivity contribution in [2.45, 2.75) is 19.9 Å². The summed E-state index contributed by atoms with van der Waals surface area (Å²) in [5.41, 5.74) is 4.10. The first-order chi connectivity index (χ1) is 8.27. The molecular formula is C14H18N2O. The number of carbonyl (C=O) groups is 1. The molecule has 1 aromatic rings. The van der Waals surface area contributed by atoms with Crippen LogP contribution in [0.1, 0.15) is 23.6 Å². The quantitative estimate of drug-likeness (QED) is 0.826. The summed E-state index contributed by atoms with van der Waals surface area (Å²) >= 11 is 0. The SMILES string of the molecule is CC(=O)NCC=Cc1cccc2c1CCNC2. The number of fused-ring (bicyclic) bond motifs is 1. The summed E-state index contributed by atoms with van der Waals surface area (Å²) < 4.78 is 0. The van der Waals surface area contributed by atoms with E-state index in [0.717, 1.165) is 19.5 Å². The largest absolute Gasteiger partial charge is 0.353 e. The Labute approximate surface area is 102 Å². The molecule has 0 saturated carbocycles. The number of carbonyl (C=O) groups excluding carboxylic acids is 1. The van der Waals surface area contributed by atoms with Crippen LogP contribution in [0.15, 0.2) is 24.3 Å². The Morgan fingerprint density at radius 3 is 3.24 bits per heavy atom. The monoisotopic (exact) mass is 230 g/mol. The van der Waals surface area contributed by atoms with Crippen molar-refractivity contribution in [1.82, 2.24) is 10.6 Å². The molecule has 1 aromatic carbocycles. The van der Waals surface area contributed by atoms with E-state index in [9.17, 15) is 4.79 Å². The van der Waals surface area contributed by atoms with Gasteiger partial charge in [-0.2, -0.15) is 0 Å². The second-order valence-corrected chi connectivity index (χ2v) is 4.25. The van der Waals surface area contributed by atoms with Crippen LogP contribution >= 0.6 is 0 Å². The number of rotatable bonds is 3. The summed E-state index contributed by atoms with van der Waals surface area (Å²) in [4.78, 5) is 10.7. The number of nitrogens with one attached hydrogen (secondary N) is 2. The van der Waals surface area contributed by atoms with E-state index in [-0.39, 0.29) is 5.91 Å². The fourth-order valence-corrected chi connectivity index (χ4v) is 2.11. The fraction of sp³-hybridized carbons (Fsp3) is 0.357. The van der Waals surface area contributed by atoms with E-state index in [2.05, 4.69) is 34.9 Å². The van der Waals surface area contributed by atoms with E-state index in [1.807, 2.05) is 6.08 Å². The molecule has 0 bridgehead atoms. The number of hydrogen-bond donors (Lipinski definition) is 2. The summed E-state index contributed by atoms with van der Waals surface area (Å²) in [6, 6.07) is 6.39. The van der Waals surface area contributed by atoms with Gasteiger partial charge in [0.25, 0.3) is 0 Å². The third kappa shape index (κ3) is 3.17. The molecule has 1 heterocycles. The van der Waals surface area contributed by atoms with Gasteiger partial charge in [-0.3, -0.25) is 4.79 Å². The van der Waals surface area contributed by atoms with E-state index in [1.54, 1.807) is 0 Å². The van der Waals surface area contributed by atoms with Crippen LogP contribution in [0.5, 0.6) is 0 Å². The highest BCUT2D eigenvalue weighted by Gasteiger charge is 2.10. The lowest BCUT2D eigenvalue weighted by Gasteiger charge is -2.18. The minimum atomic E-state index is 0.00828. The van der Waals surface area contributed by atoms with E-state index in [4.69, 9.17) is 0 Å². The van der Waals surface area contributed by atoms with Gasteiger partial charge < -0.3 is 10.6 Å². The first-order valence-electron chi connectivity index (χ1n) is 6.00. The van der Waals surface area contributed by atoms with Crippen molar-refractivity contribution >= 4 is 12.0 Å². The van der Waals surface area contributed by atoms with Gasteiger partial charge in [-0.25, -0.2) is 0 Å². The van der Waals surface area contributed by atoms with E-state index < -0.39 is 0 Å². The zero-order valence-electron chi connectivity index (χ0n) is 10.1. The molecule has 1 aliphatic heterocycles. The Bertz CT molecular complexity index is 438. The fourth-order valence-electron chi connectivity index (χ4n) is 2.11. The normalized spacial score (nSPS) is 14.6. The Morgan fingerprint density at radius 1 is 1.53 bits per heavy atom. The predicted molar refractivity (Wildman–Crippen MR) is 69.6 cm³/mol. The molecule has 0 radical (unpaired) electrons. The standard InChI is InChI=1S/C14H18N2O/c1-11(17)16-8-3-6-12-4-2-5-13-10-15-9-7-14(12)13/h2-6,15H,7-10H2,1H3,(H,16,17). The molecule has 0 unspecified atom stereocenters. The van der Waals surface area contributed by atoms with Crippen molar-refractivity contribution in [3.8, 4) is 0 Å². The van der Waals surface area contributed by atoms with Gasteiger partial charge in [0.05, 0.1) is 0 Å². The first-order valence-corrected chi connectivity index (χ1v) is 6.00. The van der Waals surface area contributed by atoms with Crippen LogP contribution < -0.4 is 10.6 Å². The van der Waals surface area contributed by atoms with Gasteiger partial charge in [0.15, 0.2) is 0 Å². The lowest BCUT2D eigenvalue weighted by Crippen LogP contribution is -2.24. The predicted octanol–water partition coefficient (Wildman–Crippen LogP) is 1.48. The number of benzene rings is 1. The van der Waals surface area contributed by atoms with E-state index >= 15 is 0 Å². The highest BCUT2D eigenvalue weighted by atomic mass is 16.1. The summed E-state index contributed by atoms with van der Waals surface area (Å²) in [6.45, 7) is 4.13. The maximum atomic E-state index is 10.7. The van der Waals surface area contributed by atoms with Gasteiger partial charge in [-0.05, 0) is 29.7 Å². The third-order valence-corrected chi connectivity index (χ3v) is 2.94. The molecule has 0 saturated heterocycles. The molecule has 1 aliphatic rings. The van der Waals surface area contributed by atoms with Crippen molar-refractivity contribution in [2.75, 3.05) is 13.1 Å². The molecule has 2 N–H and O–H groups in total. The van der Waals surface area contributed by atoms with Crippen molar-refractivity contribution in [2.24, 2.45) is 0 Å². The van der Waals surface area contributed by atoms with Crippen molar-refractivity contribution in [3.63, 3.8) is 0 Å². The molecule has 0 aromatic heterocycles. The van der Waals surface area contributed by atoms with Crippen LogP contribution in [0.2, 0.25) is 0 Å². The van der Waals surface area contributed by atoms with Gasteiger partial charge in [0.2, 0.25) is 5.91 Å². The average molecular weight is 230 g/mol. The Hall–Kier alpha value is -1.61. The average Bonchev–Trinajstić information content (AvgIpc) is 2.34. The van der Waals surface area contributed by atoms with Crippen molar-refractivity contribution < 1.29 is 4.79 Å². The number of amides is 1. The summed E-state index contributed by atoms with van der Waals surface area (Å²) in [6.07, 6.45) is 5.18. The molecule has 90 valence electrons. The Morgan fingerprint density at radius 2 is 2.41 bits per heavy atom. The van der Waals surface area contributed by atoms with Gasteiger partial charge in [-0.1, -0.05) is 30.4 Å². The molecule has 17 heavy (non-hydrogen) atoms. The molecule has 0 fully saturated rings. The van der Waals surface area contributed by atoms with Gasteiger partial charge in [-0.15, -0.1) is 0 Å². The van der Waals surface area contributed by atoms with Crippen LogP contribution in [-0.4, -0.2) is 19.0 Å². The number of hydrogen-bond acceptors (Lipinski definition) is 2. The molecule has 2 rings (SSSR count). The van der Waals surface area contributed by atoms with Gasteiger partial charge in [0, 0.05) is 20.0 Å². The molecule has 3 heteroatoms. The molecule has 3 nitrogen and oxygen atoms in total. The maximum absolute atomic E-state index is 10.7. The zero-order valence-corrected chi connectivity index (χ0v) is 10.1. The highest BCUT2D eigenvalue weighted by Crippen LogP contribution is 2.19. The maximum Gasteiger partial charge on any atom is 0.217 e. The summed E-state index contributed by atoms with van der Waals surface area (Å²) in [7, 11) is 0. The lowest BCUT2D eigenvalue weighted by atomic mass is 9.95. The van der Waals surface area contributed by atoms with Gasteiger partial charge >= 0.3 is 0 Å². The smallest absolute Gasteiger partial charge is 0.217 e. The Balaban J connectivity index is 2.08. The topological polar surface area (TPSA) is 41.1 Å². The van der Waals surface area contributed by atoms with E-state index in [0.29, 0.717) is 6.54 Å². The lowest BCUT2D eigenvalue weighted by molar-refractivity contribution is -0.118. The molecular weight excluding hydrogens is 212 g/mol. The second kappa shape index (κ2) is 5.64. The van der Waals surface area contributed by atoms with Gasteiger partial charge in [0.1, 0.15) is 0 Å². The van der Waals surface area contributed by atoms with Crippen LogP contribution in [-0.2, 0) is 17.8 Å². The minimum absolute atomic E-state index is 0.00828. The molecule has 1 amide bonds. The minimum Gasteiger partial charge on any atom is -0.353 e. The summed E-state index contributed by atoms with van der Waals surface area (Å²) in [5.74, 6) is 0.00828. The second-order valence-electron chi connectivity index (χ2n) is 4.25. The third-order valence-electron chi connectivity index (χ3n) is 2.94. The zero-order chi connectivity index (χ0) is 12.1. The summed E-state index contributed by atoms with van der Waals surface area (Å²) in [5, 5.41) is 6.13. The highest BCUT2D eigenvalue weighted by molar-refractivity contribution is 5.73. The molecule has 0 atom stereocenters. The van der Waals surface area contributed by atoms with Crippen LogP contribution in [0.4, 0.5) is 0 Å². The molecule has 0 aliphatic carbocycles. The molecule has 0 spiro atoms. The van der Waals surface area contributed by atoms with Crippen LogP contribution in [0.25, 0.3) is 6.08 Å². The van der Waals surface area contributed by atoms with E-state index in [1.165, 1.54) is 23.6 Å².